The predicted molar refractivity (Wildman–Crippen MR) is 94.9 cm³/mol. The molecule has 1 aliphatic heterocycles. The van der Waals surface area contributed by atoms with Crippen LogP contribution in [0.2, 0.25) is 5.82 Å². The number of hydrogen-bond acceptors (Lipinski definition) is 7. The van der Waals surface area contributed by atoms with Crippen LogP contribution in [-0.4, -0.2) is 45.0 Å². The van der Waals surface area contributed by atoms with Crippen LogP contribution in [0.1, 0.15) is 35.1 Å². The van der Waals surface area contributed by atoms with E-state index in [1.54, 1.807) is 12.1 Å². The van der Waals surface area contributed by atoms with E-state index >= 15 is 0 Å². The zero-order valence-electron chi connectivity index (χ0n) is 14.6. The van der Waals surface area contributed by atoms with Crippen LogP contribution in [0.3, 0.4) is 0 Å². The highest BCUT2D eigenvalue weighted by atomic mass is 16.5. The molecule has 0 fully saturated rings. The first-order valence-corrected chi connectivity index (χ1v) is 8.55. The number of carbonyl (C=O) groups excluding carboxylic acids is 2. The summed E-state index contributed by atoms with van der Waals surface area (Å²) in [6.07, 6.45) is 2.69. The van der Waals surface area contributed by atoms with Crippen molar-refractivity contribution in [2.75, 3.05) is 6.54 Å². The second-order valence-corrected chi connectivity index (χ2v) is 6.46. The van der Waals surface area contributed by atoms with Crippen LogP contribution in [0.4, 0.5) is 0 Å². The Hall–Kier alpha value is -2.52. The summed E-state index contributed by atoms with van der Waals surface area (Å²) in [6.45, 7) is 1.99. The van der Waals surface area contributed by atoms with Gasteiger partial charge in [-0.2, -0.15) is 5.10 Å². The minimum absolute atomic E-state index is 0.0759. The maximum Gasteiger partial charge on any atom is 0.526 e. The molecule has 0 amide bonds. The highest BCUT2D eigenvalue weighted by Crippen LogP contribution is 2.36. The van der Waals surface area contributed by atoms with Crippen molar-refractivity contribution in [1.29, 1.82) is 0 Å². The zero-order valence-corrected chi connectivity index (χ0v) is 14.6. The number of rotatable bonds is 7. The number of para-hydroxylation sites is 1. The van der Waals surface area contributed by atoms with E-state index in [-0.39, 0.29) is 30.3 Å². The largest absolute Gasteiger partial charge is 0.535 e. The number of benzene rings is 1. The Kier molecular flexibility index (Phi) is 5.48. The fraction of sp³-hybridized carbons (Fsp3) is 0.412. The van der Waals surface area contributed by atoms with E-state index in [1.807, 2.05) is 6.07 Å². The third-order valence-corrected chi connectivity index (χ3v) is 4.38. The summed E-state index contributed by atoms with van der Waals surface area (Å²) in [7, 11) is -1.13. The molecule has 2 heterocycles. The highest BCUT2D eigenvalue weighted by molar-refractivity contribution is 6.47. The highest BCUT2D eigenvalue weighted by Gasteiger charge is 2.37. The Balaban J connectivity index is 1.66. The van der Waals surface area contributed by atoms with Crippen molar-refractivity contribution in [2.45, 2.75) is 38.5 Å². The Bertz CT molecular complexity index is 823. The summed E-state index contributed by atoms with van der Waals surface area (Å²) >= 11 is 0. The number of fused-ring (bicyclic) bond motifs is 1. The Morgan fingerprint density at radius 3 is 3.00 bits per heavy atom. The van der Waals surface area contributed by atoms with Crippen molar-refractivity contribution >= 4 is 18.7 Å². The smallest absolute Gasteiger partial charge is 0.526 e. The third-order valence-electron chi connectivity index (χ3n) is 4.38. The number of carbonyl (C=O) groups is 2. The molecule has 0 saturated carbocycles. The van der Waals surface area contributed by atoms with E-state index in [0.717, 1.165) is 5.56 Å². The molecule has 1 atom stereocenters. The van der Waals surface area contributed by atoms with Crippen molar-refractivity contribution in [3.05, 3.63) is 41.5 Å². The standard InChI is InChI=1S/C17H21BN4O4/c1-11(23)15-4-2-3-12-7-13(18(25)26-17(12)15)8-14(24)9-22-10-20-16(21-22)5-6-19/h2-4,10,13,25H,5-9,19H2,1H3/t13-/m1/s1. The van der Waals surface area contributed by atoms with Gasteiger partial charge < -0.3 is 15.4 Å². The summed E-state index contributed by atoms with van der Waals surface area (Å²) in [6, 6.07) is 5.30. The lowest BCUT2D eigenvalue weighted by atomic mass is 9.64. The second kappa shape index (κ2) is 7.80. The molecule has 0 bridgehead atoms. The van der Waals surface area contributed by atoms with Crippen LogP contribution in [-0.2, 0) is 24.2 Å². The zero-order chi connectivity index (χ0) is 18.7. The van der Waals surface area contributed by atoms with Crippen LogP contribution in [0.25, 0.3) is 0 Å². The molecule has 3 rings (SSSR count). The fourth-order valence-corrected chi connectivity index (χ4v) is 3.13. The number of Topliss-reactive ketones (excluding diaryl/α,β-unsaturated/α-hetero) is 2. The number of nitrogens with zero attached hydrogens (tertiary/aromatic N) is 3. The van der Waals surface area contributed by atoms with E-state index in [0.29, 0.717) is 36.5 Å². The molecule has 0 unspecified atom stereocenters. The molecule has 136 valence electrons. The Labute approximate surface area is 151 Å². The first kappa shape index (κ1) is 18.3. The van der Waals surface area contributed by atoms with Gasteiger partial charge in [0, 0.05) is 18.7 Å². The molecular weight excluding hydrogens is 335 g/mol. The number of aromatic nitrogens is 3. The van der Waals surface area contributed by atoms with E-state index in [2.05, 4.69) is 10.1 Å². The van der Waals surface area contributed by atoms with Gasteiger partial charge in [0.05, 0.1) is 5.56 Å². The Morgan fingerprint density at radius 1 is 1.46 bits per heavy atom. The van der Waals surface area contributed by atoms with Gasteiger partial charge in [0.1, 0.15) is 18.6 Å². The van der Waals surface area contributed by atoms with Crippen molar-refractivity contribution in [3.8, 4) is 5.75 Å². The van der Waals surface area contributed by atoms with Crippen LogP contribution in [0.15, 0.2) is 24.5 Å². The van der Waals surface area contributed by atoms with Crippen LogP contribution >= 0.6 is 0 Å². The van der Waals surface area contributed by atoms with E-state index in [9.17, 15) is 14.6 Å². The fourth-order valence-electron chi connectivity index (χ4n) is 3.13. The van der Waals surface area contributed by atoms with Gasteiger partial charge >= 0.3 is 7.12 Å². The quantitative estimate of drug-likeness (QED) is 0.545. The molecule has 9 heteroatoms. The van der Waals surface area contributed by atoms with Gasteiger partial charge in [-0.25, -0.2) is 9.67 Å². The lowest BCUT2D eigenvalue weighted by molar-refractivity contribution is -0.120. The van der Waals surface area contributed by atoms with Crippen LogP contribution in [0, 0.1) is 0 Å². The molecule has 1 aromatic heterocycles. The molecule has 0 radical (unpaired) electrons. The van der Waals surface area contributed by atoms with Gasteiger partial charge in [0.15, 0.2) is 17.4 Å². The summed E-state index contributed by atoms with van der Waals surface area (Å²) in [5.74, 6) is 0.450. The normalized spacial score (nSPS) is 16.1. The predicted octanol–water partition coefficient (Wildman–Crippen LogP) is 0.427. The van der Waals surface area contributed by atoms with Gasteiger partial charge in [-0.15, -0.1) is 0 Å². The second-order valence-electron chi connectivity index (χ2n) is 6.46. The molecule has 0 saturated heterocycles. The molecule has 3 N–H and O–H groups in total. The topological polar surface area (TPSA) is 120 Å². The maximum absolute atomic E-state index is 12.3. The average Bonchev–Trinajstić information content (AvgIpc) is 3.02. The SMILES string of the molecule is CC(=O)c1cccc2c1OB(O)[C@@H](CC(=O)Cn1cnc(CCN)n1)C2. The van der Waals surface area contributed by atoms with Gasteiger partial charge in [0.2, 0.25) is 0 Å². The van der Waals surface area contributed by atoms with E-state index in [4.69, 9.17) is 10.4 Å². The monoisotopic (exact) mass is 356 g/mol. The summed E-state index contributed by atoms with van der Waals surface area (Å²) in [5.41, 5.74) is 6.73. The molecule has 8 nitrogen and oxygen atoms in total. The summed E-state index contributed by atoms with van der Waals surface area (Å²) in [4.78, 5) is 28.1. The lowest BCUT2D eigenvalue weighted by Crippen LogP contribution is -2.36. The van der Waals surface area contributed by atoms with Crippen molar-refractivity contribution in [2.24, 2.45) is 5.73 Å². The number of ketones is 2. The summed E-state index contributed by atoms with van der Waals surface area (Å²) in [5, 5.41) is 14.5. The molecule has 1 aromatic carbocycles. The minimum Gasteiger partial charge on any atom is -0.535 e. The summed E-state index contributed by atoms with van der Waals surface area (Å²) < 4.78 is 7.04. The van der Waals surface area contributed by atoms with Crippen molar-refractivity contribution in [3.63, 3.8) is 0 Å². The van der Waals surface area contributed by atoms with E-state index < -0.39 is 7.12 Å². The van der Waals surface area contributed by atoms with Crippen molar-refractivity contribution < 1.29 is 19.3 Å². The van der Waals surface area contributed by atoms with Gasteiger partial charge in [-0.1, -0.05) is 12.1 Å². The van der Waals surface area contributed by atoms with Gasteiger partial charge in [-0.05, 0) is 31.5 Å². The minimum atomic E-state index is -1.13. The van der Waals surface area contributed by atoms with Crippen LogP contribution < -0.4 is 10.4 Å². The molecule has 1 aliphatic rings. The lowest BCUT2D eigenvalue weighted by Gasteiger charge is -2.28. The third kappa shape index (κ3) is 4.00. The Morgan fingerprint density at radius 2 is 2.27 bits per heavy atom. The number of nitrogens with two attached hydrogens (primary N) is 1. The van der Waals surface area contributed by atoms with Gasteiger partial charge in [0.25, 0.3) is 0 Å². The molecular formula is C17H21BN4O4. The molecule has 0 spiro atoms. The first-order chi connectivity index (χ1) is 12.5. The maximum atomic E-state index is 12.3. The first-order valence-electron chi connectivity index (χ1n) is 8.55. The van der Waals surface area contributed by atoms with E-state index in [1.165, 1.54) is 17.9 Å². The molecule has 2 aromatic rings. The van der Waals surface area contributed by atoms with Crippen molar-refractivity contribution in [1.82, 2.24) is 14.8 Å². The van der Waals surface area contributed by atoms with Crippen LogP contribution in [0.5, 0.6) is 5.75 Å². The average molecular weight is 356 g/mol. The molecule has 0 aliphatic carbocycles. The number of hydrogen-bond donors (Lipinski definition) is 2. The van der Waals surface area contributed by atoms with Gasteiger partial charge in [-0.3, -0.25) is 9.59 Å². The molecule has 26 heavy (non-hydrogen) atoms.